The first-order chi connectivity index (χ1) is 21.9. The van der Waals surface area contributed by atoms with Crippen molar-refractivity contribution in [3.63, 3.8) is 0 Å². The number of esters is 1. The maximum Gasteiger partial charge on any atom is 0.338 e. The van der Waals surface area contributed by atoms with Crippen LogP contribution in [0.2, 0.25) is 40.3 Å². The number of nitrogens with zero attached hydrogens (tertiary/aromatic N) is 1. The minimum Gasteiger partial charge on any atom is -0.459 e. The van der Waals surface area contributed by atoms with E-state index in [4.69, 9.17) is 22.1 Å². The standard InChI is InChI=1S/C34H57NO10Si3/c1-21(2)47(22(3)4)43-29-30(44-48(45-47,23(5)6)24(7)8)34(39,20-41-31(38)25-17-15-14-16-18-25)28(42-46(12,13)32(9,10)11)27(37)33(29)19-26(36)35(33)40/h14-18,21-24,28-30,39-40H,19-20H2,1-13H3. The number of amides is 1. The van der Waals surface area contributed by atoms with Crippen LogP contribution in [0, 0.1) is 0 Å². The molecule has 2 N–H and O–H groups in total. The van der Waals surface area contributed by atoms with Crippen LogP contribution in [0.15, 0.2) is 30.3 Å². The molecular formula is C34H57NO10Si3. The number of Topliss-reactive ketones (excluding diaryl/α,β-unsaturated/α-hetero) is 1. The Kier molecular flexibility index (Phi) is 10.6. The third-order valence-corrected chi connectivity index (χ3v) is 25.9. The lowest BCUT2D eigenvalue weighted by molar-refractivity contribution is -0.284. The van der Waals surface area contributed by atoms with Crippen LogP contribution in [0.5, 0.6) is 0 Å². The first kappa shape index (κ1) is 39.0. The number of hydrogen-bond acceptors (Lipinski definition) is 10. The van der Waals surface area contributed by atoms with Crippen molar-refractivity contribution in [3.8, 4) is 0 Å². The number of benzene rings is 1. The van der Waals surface area contributed by atoms with Crippen LogP contribution >= 0.6 is 0 Å². The molecule has 5 atom stereocenters. The summed E-state index contributed by atoms with van der Waals surface area (Å²) in [6.07, 6.45) is -4.70. The van der Waals surface area contributed by atoms with E-state index in [9.17, 15) is 19.9 Å². The Morgan fingerprint density at radius 1 is 0.938 bits per heavy atom. The quantitative estimate of drug-likeness (QED) is 0.130. The maximum atomic E-state index is 15.1. The molecular weight excluding hydrogens is 667 g/mol. The molecule has 14 heteroatoms. The monoisotopic (exact) mass is 723 g/mol. The number of rotatable bonds is 9. The van der Waals surface area contributed by atoms with Crippen LogP contribution in [-0.4, -0.2) is 94.5 Å². The highest BCUT2D eigenvalue weighted by Crippen LogP contribution is 2.56. The van der Waals surface area contributed by atoms with Crippen molar-refractivity contribution in [1.82, 2.24) is 5.06 Å². The minimum absolute atomic E-state index is 0.135. The second kappa shape index (κ2) is 13.1. The van der Waals surface area contributed by atoms with Gasteiger partial charge < -0.3 is 27.2 Å². The second-order valence-corrected chi connectivity index (χ2v) is 30.2. The molecule has 3 aliphatic rings. The molecule has 2 saturated heterocycles. The average molecular weight is 724 g/mol. The average Bonchev–Trinajstić information content (AvgIpc) is 3.18. The van der Waals surface area contributed by atoms with E-state index in [1.54, 1.807) is 30.3 Å². The van der Waals surface area contributed by atoms with E-state index in [1.807, 2.05) is 89.3 Å². The van der Waals surface area contributed by atoms with Gasteiger partial charge in [-0.05, 0) is 52.4 Å². The fourth-order valence-electron chi connectivity index (χ4n) is 7.17. The smallest absolute Gasteiger partial charge is 0.338 e. The molecule has 2 aliphatic heterocycles. The van der Waals surface area contributed by atoms with Crippen molar-refractivity contribution in [2.24, 2.45) is 0 Å². The summed E-state index contributed by atoms with van der Waals surface area (Å²) in [6, 6.07) is 8.38. The lowest BCUT2D eigenvalue weighted by atomic mass is 9.63. The molecule has 2 heterocycles. The van der Waals surface area contributed by atoms with E-state index in [0.717, 1.165) is 0 Å². The summed E-state index contributed by atoms with van der Waals surface area (Å²) in [5.41, 5.74) is -4.47. The maximum absolute atomic E-state index is 15.1. The van der Waals surface area contributed by atoms with E-state index in [2.05, 4.69) is 0 Å². The summed E-state index contributed by atoms with van der Waals surface area (Å²) in [4.78, 5) is 41.4. The van der Waals surface area contributed by atoms with Gasteiger partial charge in [0.25, 0.3) is 0 Å². The van der Waals surface area contributed by atoms with Gasteiger partial charge in [0, 0.05) is 0 Å². The molecule has 0 bridgehead atoms. The molecule has 0 radical (unpaired) electrons. The van der Waals surface area contributed by atoms with Gasteiger partial charge in [0.15, 0.2) is 25.2 Å². The van der Waals surface area contributed by atoms with Crippen molar-refractivity contribution in [2.75, 3.05) is 6.61 Å². The van der Waals surface area contributed by atoms with Crippen molar-refractivity contribution in [3.05, 3.63) is 35.9 Å². The summed E-state index contributed by atoms with van der Waals surface area (Å²) in [6.45, 7) is 25.4. The number of hydrogen-bond donors (Lipinski definition) is 2. The predicted octanol–water partition coefficient (Wildman–Crippen LogP) is 6.23. The summed E-state index contributed by atoms with van der Waals surface area (Å²) in [7, 11) is -9.65. The first-order valence-corrected chi connectivity index (χ1v) is 24.0. The summed E-state index contributed by atoms with van der Waals surface area (Å²) < 4.78 is 34.4. The molecule has 0 aromatic heterocycles. The van der Waals surface area contributed by atoms with Gasteiger partial charge in [-0.1, -0.05) is 94.4 Å². The number of fused-ring (bicyclic) bond motifs is 2. The Bertz CT molecular complexity index is 1360. The number of carbonyl (C=O) groups excluding carboxylic acids is 3. The largest absolute Gasteiger partial charge is 0.459 e. The molecule has 5 unspecified atom stereocenters. The van der Waals surface area contributed by atoms with Crippen LogP contribution in [0.25, 0.3) is 0 Å². The van der Waals surface area contributed by atoms with Crippen molar-refractivity contribution in [2.45, 2.75) is 152 Å². The Labute approximate surface area is 289 Å². The molecule has 1 spiro atoms. The topological polar surface area (TPSA) is 141 Å². The third kappa shape index (κ3) is 6.02. The predicted molar refractivity (Wildman–Crippen MR) is 187 cm³/mol. The van der Waals surface area contributed by atoms with Crippen molar-refractivity contribution >= 4 is 43.1 Å². The van der Waals surface area contributed by atoms with Gasteiger partial charge in [-0.3, -0.25) is 14.8 Å². The lowest BCUT2D eigenvalue weighted by Crippen LogP contribution is -2.86. The van der Waals surface area contributed by atoms with Crippen LogP contribution in [0.1, 0.15) is 92.9 Å². The Hall–Kier alpha value is -1.76. The molecule has 270 valence electrons. The van der Waals surface area contributed by atoms with Gasteiger partial charge in [0.2, 0.25) is 5.91 Å². The summed E-state index contributed by atoms with van der Waals surface area (Å²) >= 11 is 0. The van der Waals surface area contributed by atoms with Gasteiger partial charge in [-0.2, -0.15) is 0 Å². The number of β-lactam (4-membered cyclic amide) rings is 1. The number of carbonyl (C=O) groups is 3. The molecule has 48 heavy (non-hydrogen) atoms. The SMILES string of the molecule is CC(C)[Si]1(C(C)C)OC2C(O[Si](C(C)C)(C(C)C)O1)C1(CC(=O)N1O)C(=O)C(O[Si](C)(C)C(C)(C)C)C2(O)COC(=O)c1ccccc1. The van der Waals surface area contributed by atoms with Crippen LogP contribution < -0.4 is 0 Å². The summed E-state index contributed by atoms with van der Waals surface area (Å²) in [5.74, 6) is -2.06. The zero-order valence-corrected chi connectivity index (χ0v) is 34.0. The van der Waals surface area contributed by atoms with E-state index in [0.29, 0.717) is 5.06 Å². The van der Waals surface area contributed by atoms with Gasteiger partial charge in [-0.15, -0.1) is 0 Å². The van der Waals surface area contributed by atoms with Crippen molar-refractivity contribution in [1.29, 1.82) is 0 Å². The highest BCUT2D eigenvalue weighted by Gasteiger charge is 2.78. The minimum atomic E-state index is -3.41. The molecule has 1 aliphatic carbocycles. The fraction of sp³-hybridized carbons (Fsp3) is 0.735. The number of ketones is 1. The molecule has 3 fully saturated rings. The Balaban J connectivity index is 2.03. The second-order valence-electron chi connectivity index (χ2n) is 16.6. The van der Waals surface area contributed by atoms with Crippen molar-refractivity contribution < 1.29 is 46.8 Å². The number of ether oxygens (including phenoxy) is 1. The van der Waals surface area contributed by atoms with Crippen LogP contribution in [0.3, 0.4) is 0 Å². The highest BCUT2D eigenvalue weighted by molar-refractivity contribution is 6.84. The number of aliphatic hydroxyl groups is 1. The lowest BCUT2D eigenvalue weighted by Gasteiger charge is -2.61. The normalized spacial score (nSPS) is 30.6. The molecule has 1 aromatic carbocycles. The van der Waals surface area contributed by atoms with Gasteiger partial charge >= 0.3 is 23.1 Å². The van der Waals surface area contributed by atoms with Gasteiger partial charge in [-0.25, -0.2) is 9.86 Å². The highest BCUT2D eigenvalue weighted by atomic mass is 28.5. The van der Waals surface area contributed by atoms with Gasteiger partial charge in [0.1, 0.15) is 24.9 Å². The number of hydroxylamine groups is 2. The molecule has 11 nitrogen and oxygen atoms in total. The van der Waals surface area contributed by atoms with E-state index in [1.165, 1.54) is 0 Å². The zero-order chi connectivity index (χ0) is 36.4. The van der Waals surface area contributed by atoms with E-state index in [-0.39, 0.29) is 34.1 Å². The molecule has 1 saturated carbocycles. The first-order valence-electron chi connectivity index (χ1n) is 17.2. The zero-order valence-electron chi connectivity index (χ0n) is 31.0. The third-order valence-electron chi connectivity index (χ3n) is 11.2. The Morgan fingerprint density at radius 3 is 1.83 bits per heavy atom. The Morgan fingerprint density at radius 2 is 1.42 bits per heavy atom. The van der Waals surface area contributed by atoms with Crippen LogP contribution in [-0.2, 0) is 31.7 Å². The molecule has 1 aromatic rings. The van der Waals surface area contributed by atoms with Gasteiger partial charge in [0.05, 0.1) is 12.0 Å². The molecule has 1 amide bonds. The van der Waals surface area contributed by atoms with E-state index >= 15 is 4.79 Å². The van der Waals surface area contributed by atoms with E-state index < -0.39 is 84.2 Å². The van der Waals surface area contributed by atoms with Crippen LogP contribution in [0.4, 0.5) is 0 Å². The summed E-state index contributed by atoms with van der Waals surface area (Å²) in [5, 5.41) is 24.6. The molecule has 4 rings (SSSR count). The fourth-order valence-corrected chi connectivity index (χ4v) is 19.8.